The van der Waals surface area contributed by atoms with Crippen LogP contribution in [0.3, 0.4) is 0 Å². The summed E-state index contributed by atoms with van der Waals surface area (Å²) in [6.07, 6.45) is 1.13. The zero-order valence-corrected chi connectivity index (χ0v) is 9.96. The molecular formula is C10H15NO4S. The molecule has 0 spiro atoms. The molecule has 90 valence electrons. The van der Waals surface area contributed by atoms with E-state index in [1.165, 1.54) is 16.7 Å². The summed E-state index contributed by atoms with van der Waals surface area (Å²) in [4.78, 5) is 34.4. The molecule has 6 heteroatoms. The predicted octanol–water partition coefficient (Wildman–Crippen LogP) is 0.732. The van der Waals surface area contributed by atoms with Crippen LogP contribution in [-0.4, -0.2) is 45.3 Å². The molecule has 2 amide bonds. The molecule has 0 saturated carbocycles. The number of thioether (sulfide) groups is 1. The van der Waals surface area contributed by atoms with Gasteiger partial charge in [0.15, 0.2) is 0 Å². The quantitative estimate of drug-likeness (QED) is 0.698. The molecule has 0 bridgehead atoms. The van der Waals surface area contributed by atoms with Gasteiger partial charge in [0.2, 0.25) is 11.8 Å². The first-order valence-electron chi connectivity index (χ1n) is 5.23. The number of imide groups is 1. The third kappa shape index (κ3) is 3.23. The Morgan fingerprint density at radius 3 is 2.44 bits per heavy atom. The van der Waals surface area contributed by atoms with E-state index in [1.54, 1.807) is 6.92 Å². The SMILES string of the molecule is CCC(SCCN1C(=O)CCC1=O)C(=O)O. The molecule has 5 nitrogen and oxygen atoms in total. The second kappa shape index (κ2) is 5.89. The van der Waals surface area contributed by atoms with E-state index in [4.69, 9.17) is 5.11 Å². The van der Waals surface area contributed by atoms with E-state index >= 15 is 0 Å². The van der Waals surface area contributed by atoms with Crippen molar-refractivity contribution in [3.8, 4) is 0 Å². The summed E-state index contributed by atoms with van der Waals surface area (Å²) in [5.41, 5.74) is 0. The van der Waals surface area contributed by atoms with Gasteiger partial charge in [0.05, 0.1) is 0 Å². The van der Waals surface area contributed by atoms with Crippen LogP contribution in [0.2, 0.25) is 0 Å². The molecule has 1 heterocycles. The number of carbonyl (C=O) groups excluding carboxylic acids is 2. The Bertz CT molecular complexity index is 289. The molecule has 1 saturated heterocycles. The van der Waals surface area contributed by atoms with Gasteiger partial charge in [-0.2, -0.15) is 0 Å². The lowest BCUT2D eigenvalue weighted by atomic mass is 10.3. The van der Waals surface area contributed by atoms with E-state index in [1.807, 2.05) is 0 Å². The maximum atomic E-state index is 11.2. The van der Waals surface area contributed by atoms with Crippen LogP contribution < -0.4 is 0 Å². The lowest BCUT2D eigenvalue weighted by Gasteiger charge is -2.15. The molecule has 1 N–H and O–H groups in total. The third-order valence-electron chi connectivity index (χ3n) is 2.43. The first kappa shape index (κ1) is 13.0. The van der Waals surface area contributed by atoms with Gasteiger partial charge in [-0.3, -0.25) is 19.3 Å². The minimum Gasteiger partial charge on any atom is -0.480 e. The second-order valence-electron chi connectivity index (χ2n) is 3.55. The van der Waals surface area contributed by atoms with Crippen molar-refractivity contribution in [2.24, 2.45) is 0 Å². The summed E-state index contributed by atoms with van der Waals surface area (Å²) >= 11 is 1.27. The van der Waals surface area contributed by atoms with Crippen LogP contribution in [0.1, 0.15) is 26.2 Å². The largest absolute Gasteiger partial charge is 0.480 e. The molecule has 0 radical (unpaired) electrons. The van der Waals surface area contributed by atoms with Gasteiger partial charge in [0.1, 0.15) is 5.25 Å². The smallest absolute Gasteiger partial charge is 0.316 e. The van der Waals surface area contributed by atoms with Gasteiger partial charge in [-0.1, -0.05) is 6.92 Å². The van der Waals surface area contributed by atoms with E-state index < -0.39 is 11.2 Å². The number of amides is 2. The zero-order valence-electron chi connectivity index (χ0n) is 9.14. The number of carbonyl (C=O) groups is 3. The molecule has 0 aromatic rings. The van der Waals surface area contributed by atoms with Gasteiger partial charge in [-0.25, -0.2) is 0 Å². The Balaban J connectivity index is 2.32. The van der Waals surface area contributed by atoms with E-state index in [0.717, 1.165) is 0 Å². The number of aliphatic carboxylic acids is 1. The highest BCUT2D eigenvalue weighted by Crippen LogP contribution is 2.17. The summed E-state index contributed by atoms with van der Waals surface area (Å²) in [5.74, 6) is -0.642. The number of carboxylic acid groups (broad SMARTS) is 1. The van der Waals surface area contributed by atoms with Crippen LogP contribution >= 0.6 is 11.8 Å². The summed E-state index contributed by atoms with van der Waals surface area (Å²) in [6, 6.07) is 0. The predicted molar refractivity (Wildman–Crippen MR) is 60.1 cm³/mol. The second-order valence-corrected chi connectivity index (χ2v) is 4.86. The molecule has 1 rings (SSSR count). The van der Waals surface area contributed by atoms with Crippen LogP contribution in [0.5, 0.6) is 0 Å². The van der Waals surface area contributed by atoms with Crippen LogP contribution in [-0.2, 0) is 14.4 Å². The average Bonchev–Trinajstić information content (AvgIpc) is 2.54. The Hall–Kier alpha value is -1.04. The monoisotopic (exact) mass is 245 g/mol. The molecule has 16 heavy (non-hydrogen) atoms. The van der Waals surface area contributed by atoms with Gasteiger partial charge in [-0.05, 0) is 6.42 Å². The van der Waals surface area contributed by atoms with E-state index in [2.05, 4.69) is 0 Å². The van der Waals surface area contributed by atoms with Crippen molar-refractivity contribution in [1.29, 1.82) is 0 Å². The fraction of sp³-hybridized carbons (Fsp3) is 0.700. The highest BCUT2D eigenvalue weighted by molar-refractivity contribution is 8.00. The summed E-state index contributed by atoms with van der Waals surface area (Å²) in [7, 11) is 0. The fourth-order valence-corrected chi connectivity index (χ4v) is 2.47. The Kier molecular flexibility index (Phi) is 4.79. The number of hydrogen-bond acceptors (Lipinski definition) is 4. The number of rotatable bonds is 6. The van der Waals surface area contributed by atoms with Crippen molar-refractivity contribution in [2.75, 3.05) is 12.3 Å². The summed E-state index contributed by atoms with van der Waals surface area (Å²) in [6.45, 7) is 2.13. The van der Waals surface area contributed by atoms with Crippen molar-refractivity contribution in [2.45, 2.75) is 31.4 Å². The topological polar surface area (TPSA) is 74.7 Å². The average molecular weight is 245 g/mol. The summed E-state index contributed by atoms with van der Waals surface area (Å²) < 4.78 is 0. The standard InChI is InChI=1S/C10H15NO4S/c1-2-7(10(14)15)16-6-5-11-8(12)3-4-9(11)13/h7H,2-6H2,1H3,(H,14,15). The van der Waals surface area contributed by atoms with Crippen molar-refractivity contribution >= 4 is 29.5 Å². The number of nitrogens with zero attached hydrogens (tertiary/aromatic N) is 1. The van der Waals surface area contributed by atoms with Crippen molar-refractivity contribution < 1.29 is 19.5 Å². The van der Waals surface area contributed by atoms with Crippen molar-refractivity contribution in [3.05, 3.63) is 0 Å². The normalized spacial score (nSPS) is 17.9. The number of hydrogen-bond donors (Lipinski definition) is 1. The fourth-order valence-electron chi connectivity index (χ4n) is 1.52. The molecule has 1 unspecified atom stereocenters. The molecular weight excluding hydrogens is 230 g/mol. The van der Waals surface area contributed by atoms with Crippen LogP contribution in [0, 0.1) is 0 Å². The van der Waals surface area contributed by atoms with Gasteiger partial charge in [0, 0.05) is 25.1 Å². The molecule has 0 aromatic heterocycles. The minimum absolute atomic E-state index is 0.144. The zero-order chi connectivity index (χ0) is 12.1. The van der Waals surface area contributed by atoms with Gasteiger partial charge >= 0.3 is 5.97 Å². The third-order valence-corrected chi connectivity index (χ3v) is 3.79. The first-order chi connectivity index (χ1) is 7.56. The van der Waals surface area contributed by atoms with Gasteiger partial charge in [0.25, 0.3) is 0 Å². The minimum atomic E-state index is -0.841. The molecule has 0 aromatic carbocycles. The molecule has 0 aliphatic carbocycles. The molecule has 1 fully saturated rings. The first-order valence-corrected chi connectivity index (χ1v) is 6.28. The highest BCUT2D eigenvalue weighted by atomic mass is 32.2. The molecule has 1 aliphatic rings. The molecule has 1 atom stereocenters. The summed E-state index contributed by atoms with van der Waals surface area (Å²) in [5, 5.41) is 8.35. The Labute approximate surface area is 98.2 Å². The van der Waals surface area contributed by atoms with E-state index in [-0.39, 0.29) is 11.8 Å². The number of likely N-dealkylation sites (tertiary alicyclic amines) is 1. The maximum absolute atomic E-state index is 11.2. The van der Waals surface area contributed by atoms with Crippen molar-refractivity contribution in [3.63, 3.8) is 0 Å². The van der Waals surface area contributed by atoms with E-state index in [0.29, 0.717) is 31.6 Å². The van der Waals surface area contributed by atoms with Crippen molar-refractivity contribution in [1.82, 2.24) is 4.90 Å². The molecule has 1 aliphatic heterocycles. The van der Waals surface area contributed by atoms with Gasteiger partial charge in [-0.15, -0.1) is 11.8 Å². The van der Waals surface area contributed by atoms with Crippen LogP contribution in [0.25, 0.3) is 0 Å². The van der Waals surface area contributed by atoms with E-state index in [9.17, 15) is 14.4 Å². The maximum Gasteiger partial charge on any atom is 0.316 e. The lowest BCUT2D eigenvalue weighted by molar-refractivity contribution is -0.138. The highest BCUT2D eigenvalue weighted by Gasteiger charge is 2.28. The van der Waals surface area contributed by atoms with Crippen LogP contribution in [0.15, 0.2) is 0 Å². The van der Waals surface area contributed by atoms with Gasteiger partial charge < -0.3 is 5.11 Å². The number of carboxylic acids is 1. The Morgan fingerprint density at radius 1 is 1.44 bits per heavy atom. The Morgan fingerprint density at radius 2 is 2.00 bits per heavy atom. The lowest BCUT2D eigenvalue weighted by Crippen LogP contribution is -2.32. The van der Waals surface area contributed by atoms with Crippen LogP contribution in [0.4, 0.5) is 0 Å².